The lowest BCUT2D eigenvalue weighted by Gasteiger charge is -2.22. The molecule has 1 amide bonds. The number of hydrogen-bond donors (Lipinski definition) is 3. The maximum atomic E-state index is 11.6. The Bertz CT molecular complexity index is 493. The summed E-state index contributed by atoms with van der Waals surface area (Å²) < 4.78 is 5.02. The fourth-order valence-corrected chi connectivity index (χ4v) is 1.57. The molecule has 1 unspecified atom stereocenters. The zero-order chi connectivity index (χ0) is 15.3. The standard InChI is InChI=1S/C14H19NO5/c1-14(2,3)20-13(19)15-11(12(17)18)8-9-5-4-6-10(16)7-9/h4-7,11,16H,8H2,1-3H3,(H,15,19)(H,17,18). The van der Waals surface area contributed by atoms with Gasteiger partial charge in [-0.1, -0.05) is 12.1 Å². The lowest BCUT2D eigenvalue weighted by atomic mass is 10.1. The molecule has 110 valence electrons. The monoisotopic (exact) mass is 281 g/mol. The molecule has 0 aromatic heterocycles. The number of nitrogens with one attached hydrogen (secondary N) is 1. The smallest absolute Gasteiger partial charge is 0.408 e. The Hall–Kier alpha value is -2.24. The van der Waals surface area contributed by atoms with Gasteiger partial charge < -0.3 is 20.3 Å². The minimum absolute atomic E-state index is 0.0453. The molecule has 0 saturated carbocycles. The van der Waals surface area contributed by atoms with Crippen molar-refractivity contribution in [1.82, 2.24) is 5.32 Å². The number of carbonyl (C=O) groups is 2. The van der Waals surface area contributed by atoms with Crippen molar-refractivity contribution in [2.75, 3.05) is 0 Å². The van der Waals surface area contributed by atoms with E-state index in [0.717, 1.165) is 0 Å². The van der Waals surface area contributed by atoms with Gasteiger partial charge in [-0.3, -0.25) is 0 Å². The van der Waals surface area contributed by atoms with Gasteiger partial charge in [-0.25, -0.2) is 9.59 Å². The second-order valence-electron chi connectivity index (χ2n) is 5.41. The highest BCUT2D eigenvalue weighted by molar-refractivity contribution is 5.80. The van der Waals surface area contributed by atoms with Gasteiger partial charge in [0.2, 0.25) is 0 Å². The number of alkyl carbamates (subject to hydrolysis) is 1. The third-order valence-corrected chi connectivity index (χ3v) is 2.34. The molecule has 6 heteroatoms. The molecular weight excluding hydrogens is 262 g/mol. The van der Waals surface area contributed by atoms with Gasteiger partial charge in [0.15, 0.2) is 0 Å². The van der Waals surface area contributed by atoms with Gasteiger partial charge in [-0.2, -0.15) is 0 Å². The molecule has 0 saturated heterocycles. The van der Waals surface area contributed by atoms with Crippen LogP contribution in [0.25, 0.3) is 0 Å². The molecule has 0 radical (unpaired) electrons. The Morgan fingerprint density at radius 3 is 2.50 bits per heavy atom. The van der Waals surface area contributed by atoms with Crippen LogP contribution >= 0.6 is 0 Å². The van der Waals surface area contributed by atoms with Crippen molar-refractivity contribution in [3.05, 3.63) is 29.8 Å². The minimum Gasteiger partial charge on any atom is -0.508 e. The average Bonchev–Trinajstić information content (AvgIpc) is 2.25. The first-order valence-electron chi connectivity index (χ1n) is 6.17. The summed E-state index contributed by atoms with van der Waals surface area (Å²) in [5.41, 5.74) is -0.0912. The van der Waals surface area contributed by atoms with E-state index in [1.165, 1.54) is 12.1 Å². The van der Waals surface area contributed by atoms with Crippen LogP contribution in [0, 0.1) is 0 Å². The summed E-state index contributed by atoms with van der Waals surface area (Å²) in [6, 6.07) is 5.10. The van der Waals surface area contributed by atoms with Crippen LogP contribution in [0.3, 0.4) is 0 Å². The molecule has 1 atom stereocenters. The largest absolute Gasteiger partial charge is 0.508 e. The van der Waals surface area contributed by atoms with Gasteiger partial charge in [-0.05, 0) is 38.5 Å². The highest BCUT2D eigenvalue weighted by atomic mass is 16.6. The topological polar surface area (TPSA) is 95.9 Å². The summed E-state index contributed by atoms with van der Waals surface area (Å²) in [4.78, 5) is 22.7. The number of carbonyl (C=O) groups excluding carboxylic acids is 1. The number of phenols is 1. The van der Waals surface area contributed by atoms with Crippen LogP contribution in [0.4, 0.5) is 4.79 Å². The molecule has 0 bridgehead atoms. The molecule has 0 spiro atoms. The zero-order valence-corrected chi connectivity index (χ0v) is 11.7. The maximum absolute atomic E-state index is 11.6. The van der Waals surface area contributed by atoms with Crippen LogP contribution < -0.4 is 5.32 Å². The summed E-state index contributed by atoms with van der Waals surface area (Å²) in [5.74, 6) is -1.12. The van der Waals surface area contributed by atoms with Crippen LogP contribution in [-0.4, -0.2) is 33.9 Å². The number of aliphatic carboxylic acids is 1. The number of amides is 1. The second-order valence-corrected chi connectivity index (χ2v) is 5.41. The molecule has 20 heavy (non-hydrogen) atoms. The first-order valence-corrected chi connectivity index (χ1v) is 6.17. The number of carboxylic acid groups (broad SMARTS) is 1. The number of carboxylic acids is 1. The zero-order valence-electron chi connectivity index (χ0n) is 11.7. The molecule has 0 aliphatic rings. The van der Waals surface area contributed by atoms with E-state index >= 15 is 0 Å². The summed E-state index contributed by atoms with van der Waals surface area (Å²) in [7, 11) is 0. The molecule has 0 heterocycles. The highest BCUT2D eigenvalue weighted by Crippen LogP contribution is 2.13. The Kier molecular flexibility index (Phi) is 4.96. The molecule has 1 aromatic rings. The molecular formula is C14H19NO5. The van der Waals surface area contributed by atoms with E-state index in [1.54, 1.807) is 32.9 Å². The van der Waals surface area contributed by atoms with E-state index < -0.39 is 23.7 Å². The van der Waals surface area contributed by atoms with Crippen LogP contribution in [0.1, 0.15) is 26.3 Å². The first-order chi connectivity index (χ1) is 9.17. The van der Waals surface area contributed by atoms with E-state index in [-0.39, 0.29) is 12.2 Å². The van der Waals surface area contributed by atoms with E-state index in [1.807, 2.05) is 0 Å². The van der Waals surface area contributed by atoms with Crippen molar-refractivity contribution < 1.29 is 24.5 Å². The highest BCUT2D eigenvalue weighted by Gasteiger charge is 2.24. The third-order valence-electron chi connectivity index (χ3n) is 2.34. The van der Waals surface area contributed by atoms with Gasteiger partial charge >= 0.3 is 12.1 Å². The van der Waals surface area contributed by atoms with Gasteiger partial charge in [0.25, 0.3) is 0 Å². The van der Waals surface area contributed by atoms with Crippen LogP contribution in [0.15, 0.2) is 24.3 Å². The quantitative estimate of drug-likeness (QED) is 0.783. The summed E-state index contributed by atoms with van der Waals surface area (Å²) in [5, 5.41) is 20.8. The van der Waals surface area contributed by atoms with Gasteiger partial charge in [0.1, 0.15) is 17.4 Å². The predicted octanol–water partition coefficient (Wildman–Crippen LogP) is 1.91. The van der Waals surface area contributed by atoms with Crippen LogP contribution in [-0.2, 0) is 16.0 Å². The molecule has 0 aliphatic heterocycles. The summed E-state index contributed by atoms with van der Waals surface area (Å²) in [6.07, 6.45) is -0.728. The normalized spacial score (nSPS) is 12.6. The minimum atomic E-state index is -1.17. The predicted molar refractivity (Wildman–Crippen MR) is 72.6 cm³/mol. The fourth-order valence-electron chi connectivity index (χ4n) is 1.57. The molecule has 0 fully saturated rings. The van der Waals surface area contributed by atoms with E-state index in [2.05, 4.69) is 5.32 Å². The second kappa shape index (κ2) is 6.27. The number of hydrogen-bond acceptors (Lipinski definition) is 4. The first kappa shape index (κ1) is 15.8. The van der Waals surface area contributed by atoms with Crippen molar-refractivity contribution in [1.29, 1.82) is 0 Å². The average molecular weight is 281 g/mol. The molecule has 6 nitrogen and oxygen atoms in total. The molecule has 1 rings (SSSR count). The van der Waals surface area contributed by atoms with E-state index in [9.17, 15) is 14.7 Å². The number of benzene rings is 1. The maximum Gasteiger partial charge on any atom is 0.408 e. The van der Waals surface area contributed by atoms with Crippen molar-refractivity contribution in [3.8, 4) is 5.75 Å². The van der Waals surface area contributed by atoms with E-state index in [4.69, 9.17) is 9.84 Å². The van der Waals surface area contributed by atoms with Crippen LogP contribution in [0.5, 0.6) is 5.75 Å². The number of aromatic hydroxyl groups is 1. The Balaban J connectivity index is 2.71. The lowest BCUT2D eigenvalue weighted by molar-refractivity contribution is -0.139. The molecule has 0 aliphatic carbocycles. The Labute approximate surface area is 117 Å². The van der Waals surface area contributed by atoms with Crippen molar-refractivity contribution in [2.24, 2.45) is 0 Å². The molecule has 1 aromatic carbocycles. The van der Waals surface area contributed by atoms with Crippen LogP contribution in [0.2, 0.25) is 0 Å². The van der Waals surface area contributed by atoms with Gasteiger partial charge in [0, 0.05) is 6.42 Å². The molecule has 3 N–H and O–H groups in total. The Morgan fingerprint density at radius 1 is 1.35 bits per heavy atom. The summed E-state index contributed by atoms with van der Waals surface area (Å²) >= 11 is 0. The van der Waals surface area contributed by atoms with Gasteiger partial charge in [-0.15, -0.1) is 0 Å². The van der Waals surface area contributed by atoms with Crippen molar-refractivity contribution in [2.45, 2.75) is 38.8 Å². The number of ether oxygens (including phenoxy) is 1. The fraction of sp³-hybridized carbons (Fsp3) is 0.429. The third kappa shape index (κ3) is 5.60. The van der Waals surface area contributed by atoms with Crippen molar-refractivity contribution in [3.63, 3.8) is 0 Å². The van der Waals surface area contributed by atoms with Crippen molar-refractivity contribution >= 4 is 12.1 Å². The Morgan fingerprint density at radius 2 is 2.00 bits per heavy atom. The lowest BCUT2D eigenvalue weighted by Crippen LogP contribution is -2.44. The SMILES string of the molecule is CC(C)(C)OC(=O)NC(Cc1cccc(O)c1)C(=O)O. The van der Waals surface area contributed by atoms with E-state index in [0.29, 0.717) is 5.56 Å². The summed E-state index contributed by atoms with van der Waals surface area (Å²) in [6.45, 7) is 5.08. The van der Waals surface area contributed by atoms with Gasteiger partial charge in [0.05, 0.1) is 0 Å². The number of phenolic OH excluding ortho intramolecular Hbond substituents is 1. The number of rotatable bonds is 4.